The molecular weight excluding hydrogens is 250 g/mol. The number of hydrogen-bond acceptors (Lipinski definition) is 2. The minimum Gasteiger partial charge on any atom is -0.478 e. The van der Waals surface area contributed by atoms with Crippen LogP contribution in [0.2, 0.25) is 0 Å². The van der Waals surface area contributed by atoms with E-state index in [9.17, 15) is 9.90 Å². The Morgan fingerprint density at radius 2 is 1.90 bits per heavy atom. The van der Waals surface area contributed by atoms with Crippen molar-refractivity contribution in [3.05, 3.63) is 29.8 Å². The zero-order valence-electron chi connectivity index (χ0n) is 11.6. The molecule has 1 aromatic carbocycles. The van der Waals surface area contributed by atoms with Crippen molar-refractivity contribution in [3.8, 4) is 0 Å². The molecule has 0 spiro atoms. The van der Waals surface area contributed by atoms with Gasteiger partial charge in [0.05, 0.1) is 5.56 Å². The van der Waals surface area contributed by atoms with Gasteiger partial charge in [0.25, 0.3) is 0 Å². The second-order valence-electron chi connectivity index (χ2n) is 6.76. The number of hydrogen-bond donors (Lipinski definition) is 2. The standard InChI is InChI=1S/C17H21NO2/c19-17(20)13-4-1-2-7-15(13)18-16-9-10-8-14(16)12-6-3-5-11(10)12/h1-2,4,7,10-12,14,16,18H,3,5-6,8-9H2,(H,19,20). The number of carboxylic acids is 1. The van der Waals surface area contributed by atoms with Gasteiger partial charge in [0.1, 0.15) is 0 Å². The molecule has 1 aromatic rings. The fourth-order valence-corrected chi connectivity index (χ4v) is 5.23. The van der Waals surface area contributed by atoms with E-state index < -0.39 is 5.97 Å². The first-order valence-corrected chi connectivity index (χ1v) is 7.83. The van der Waals surface area contributed by atoms with Crippen molar-refractivity contribution in [2.24, 2.45) is 23.7 Å². The van der Waals surface area contributed by atoms with Gasteiger partial charge in [-0.1, -0.05) is 18.6 Å². The molecule has 0 radical (unpaired) electrons. The third kappa shape index (κ3) is 1.75. The van der Waals surface area contributed by atoms with Crippen LogP contribution >= 0.6 is 0 Å². The lowest BCUT2D eigenvalue weighted by Gasteiger charge is -2.33. The van der Waals surface area contributed by atoms with Crippen LogP contribution in [-0.4, -0.2) is 17.1 Å². The van der Waals surface area contributed by atoms with Crippen molar-refractivity contribution in [2.45, 2.75) is 38.1 Å². The molecule has 3 nitrogen and oxygen atoms in total. The van der Waals surface area contributed by atoms with E-state index in [0.29, 0.717) is 11.6 Å². The van der Waals surface area contributed by atoms with Gasteiger partial charge < -0.3 is 10.4 Å². The van der Waals surface area contributed by atoms with Gasteiger partial charge in [0.15, 0.2) is 0 Å². The number of rotatable bonds is 3. The van der Waals surface area contributed by atoms with Gasteiger partial charge in [0, 0.05) is 11.7 Å². The van der Waals surface area contributed by atoms with Crippen molar-refractivity contribution in [2.75, 3.05) is 5.32 Å². The summed E-state index contributed by atoms with van der Waals surface area (Å²) in [6.07, 6.45) is 6.83. The molecule has 5 unspecified atom stereocenters. The fraction of sp³-hybridized carbons (Fsp3) is 0.588. The fourth-order valence-electron chi connectivity index (χ4n) is 5.23. The molecule has 5 atom stereocenters. The molecule has 2 bridgehead atoms. The molecule has 20 heavy (non-hydrogen) atoms. The minimum atomic E-state index is -0.838. The second kappa shape index (κ2) is 4.51. The van der Waals surface area contributed by atoms with Crippen molar-refractivity contribution >= 4 is 11.7 Å². The van der Waals surface area contributed by atoms with Gasteiger partial charge in [0.2, 0.25) is 0 Å². The predicted molar refractivity (Wildman–Crippen MR) is 77.9 cm³/mol. The monoisotopic (exact) mass is 271 g/mol. The summed E-state index contributed by atoms with van der Waals surface area (Å²) < 4.78 is 0. The number of carbonyl (C=O) groups is 1. The zero-order chi connectivity index (χ0) is 13.7. The third-order valence-corrected chi connectivity index (χ3v) is 5.93. The van der Waals surface area contributed by atoms with Gasteiger partial charge in [-0.25, -0.2) is 4.79 Å². The molecule has 3 fully saturated rings. The second-order valence-corrected chi connectivity index (χ2v) is 6.76. The Morgan fingerprint density at radius 3 is 2.75 bits per heavy atom. The van der Waals surface area contributed by atoms with Crippen molar-refractivity contribution in [1.29, 1.82) is 0 Å². The normalized spacial score (nSPS) is 37.9. The number of aromatic carboxylic acids is 1. The number of fused-ring (bicyclic) bond motifs is 5. The van der Waals surface area contributed by atoms with Crippen molar-refractivity contribution in [3.63, 3.8) is 0 Å². The largest absolute Gasteiger partial charge is 0.478 e. The van der Waals surface area contributed by atoms with Crippen LogP contribution < -0.4 is 5.32 Å². The summed E-state index contributed by atoms with van der Waals surface area (Å²) in [6.45, 7) is 0. The topological polar surface area (TPSA) is 49.3 Å². The molecule has 0 heterocycles. The number of carboxylic acid groups (broad SMARTS) is 1. The maximum atomic E-state index is 11.3. The van der Waals surface area contributed by atoms with E-state index in [1.807, 2.05) is 12.1 Å². The highest BCUT2D eigenvalue weighted by molar-refractivity contribution is 5.94. The Balaban J connectivity index is 1.55. The first-order chi connectivity index (χ1) is 9.74. The summed E-state index contributed by atoms with van der Waals surface area (Å²) >= 11 is 0. The predicted octanol–water partition coefficient (Wildman–Crippen LogP) is 3.62. The molecule has 3 aliphatic rings. The Hall–Kier alpha value is -1.51. The van der Waals surface area contributed by atoms with Crippen LogP contribution in [-0.2, 0) is 0 Å². The maximum absolute atomic E-state index is 11.3. The highest BCUT2D eigenvalue weighted by atomic mass is 16.4. The van der Waals surface area contributed by atoms with E-state index in [1.54, 1.807) is 12.1 Å². The smallest absolute Gasteiger partial charge is 0.337 e. The summed E-state index contributed by atoms with van der Waals surface area (Å²) in [4.78, 5) is 11.3. The molecule has 3 saturated carbocycles. The Kier molecular flexibility index (Phi) is 2.76. The summed E-state index contributed by atoms with van der Waals surface area (Å²) in [5, 5.41) is 12.8. The summed E-state index contributed by atoms with van der Waals surface area (Å²) in [7, 11) is 0. The number of para-hydroxylation sites is 1. The van der Waals surface area contributed by atoms with Crippen LogP contribution in [0.15, 0.2) is 24.3 Å². The minimum absolute atomic E-state index is 0.401. The first kappa shape index (κ1) is 12.2. The first-order valence-electron chi connectivity index (χ1n) is 7.83. The maximum Gasteiger partial charge on any atom is 0.337 e. The lowest BCUT2D eigenvalue weighted by atomic mass is 9.79. The molecule has 2 N–H and O–H groups in total. The molecule has 0 aromatic heterocycles. The number of nitrogens with one attached hydrogen (secondary N) is 1. The highest BCUT2D eigenvalue weighted by Crippen LogP contribution is 2.59. The van der Waals surface area contributed by atoms with Crippen LogP contribution in [0, 0.1) is 23.7 Å². The van der Waals surface area contributed by atoms with Gasteiger partial charge in [-0.15, -0.1) is 0 Å². The molecule has 3 aliphatic carbocycles. The van der Waals surface area contributed by atoms with Gasteiger partial charge in [-0.3, -0.25) is 0 Å². The van der Waals surface area contributed by atoms with Crippen LogP contribution in [0.25, 0.3) is 0 Å². The Bertz CT molecular complexity index is 542. The van der Waals surface area contributed by atoms with Gasteiger partial charge in [-0.2, -0.15) is 0 Å². The van der Waals surface area contributed by atoms with Gasteiger partial charge in [-0.05, 0) is 61.5 Å². The van der Waals surface area contributed by atoms with Gasteiger partial charge >= 0.3 is 5.97 Å². The van der Waals surface area contributed by atoms with E-state index in [-0.39, 0.29) is 0 Å². The average Bonchev–Trinajstić information content (AvgIpc) is 3.10. The van der Waals surface area contributed by atoms with Crippen LogP contribution in [0.5, 0.6) is 0 Å². The molecule has 0 amide bonds. The number of anilines is 1. The number of benzene rings is 1. The van der Waals surface area contributed by atoms with Crippen LogP contribution in [0.1, 0.15) is 42.5 Å². The van der Waals surface area contributed by atoms with Crippen molar-refractivity contribution in [1.82, 2.24) is 0 Å². The van der Waals surface area contributed by atoms with Crippen LogP contribution in [0.4, 0.5) is 5.69 Å². The Labute approximate surface area is 119 Å². The lowest BCUT2D eigenvalue weighted by Crippen LogP contribution is -2.34. The molecule has 0 aliphatic heterocycles. The summed E-state index contributed by atoms with van der Waals surface area (Å²) in [6, 6.07) is 7.79. The molecule has 0 saturated heterocycles. The average molecular weight is 271 g/mol. The van der Waals surface area contributed by atoms with Crippen LogP contribution in [0.3, 0.4) is 0 Å². The van der Waals surface area contributed by atoms with E-state index >= 15 is 0 Å². The highest BCUT2D eigenvalue weighted by Gasteiger charge is 2.53. The molecule has 3 heteroatoms. The molecular formula is C17H21NO2. The quantitative estimate of drug-likeness (QED) is 0.882. The molecule has 4 rings (SSSR count). The zero-order valence-corrected chi connectivity index (χ0v) is 11.6. The molecule has 106 valence electrons. The van der Waals surface area contributed by atoms with E-state index in [4.69, 9.17) is 0 Å². The van der Waals surface area contributed by atoms with E-state index in [1.165, 1.54) is 32.1 Å². The Morgan fingerprint density at radius 1 is 1.10 bits per heavy atom. The van der Waals surface area contributed by atoms with E-state index in [2.05, 4.69) is 5.32 Å². The summed E-state index contributed by atoms with van der Waals surface area (Å²) in [5.41, 5.74) is 1.20. The summed E-state index contributed by atoms with van der Waals surface area (Å²) in [5.74, 6) is 2.71. The third-order valence-electron chi connectivity index (χ3n) is 5.93. The van der Waals surface area contributed by atoms with E-state index in [0.717, 1.165) is 29.4 Å². The lowest BCUT2D eigenvalue weighted by molar-refractivity contribution is 0.0698. The van der Waals surface area contributed by atoms with Crippen molar-refractivity contribution < 1.29 is 9.90 Å². The SMILES string of the molecule is O=C(O)c1ccccc1NC1CC2CC1C1CCCC21.